The number of rotatable bonds is 4. The van der Waals surface area contributed by atoms with Gasteiger partial charge in [-0.15, -0.1) is 0 Å². The first-order valence-electron chi connectivity index (χ1n) is 7.02. The molecule has 1 aromatic rings. The maximum Gasteiger partial charge on any atom is 0.0441 e. The average Bonchev–Trinajstić information content (AvgIpc) is 2.75. The fourth-order valence-corrected chi connectivity index (χ4v) is 3.49. The Labute approximate surface area is 116 Å². The number of hydrogen-bond donors (Lipinski definition) is 1. The number of likely N-dealkylation sites (N-methyl/N-ethyl adjacent to an activating group) is 1. The van der Waals surface area contributed by atoms with E-state index >= 15 is 0 Å². The fraction of sp³-hybridized carbons (Fsp3) is 0.625. The topological polar surface area (TPSA) is 12.0 Å². The molecule has 0 aromatic heterocycles. The third-order valence-corrected chi connectivity index (χ3v) is 4.68. The molecule has 3 atom stereocenters. The molecule has 100 valence electrons. The molecule has 1 aliphatic rings. The monoisotopic (exact) mass is 265 g/mol. The molecule has 0 amide bonds. The van der Waals surface area contributed by atoms with E-state index in [0.717, 1.165) is 23.3 Å². The van der Waals surface area contributed by atoms with Gasteiger partial charge in [0.2, 0.25) is 0 Å². The van der Waals surface area contributed by atoms with Crippen LogP contribution in [0.1, 0.15) is 37.3 Å². The quantitative estimate of drug-likeness (QED) is 0.860. The molecular weight excluding hydrogens is 242 g/mol. The van der Waals surface area contributed by atoms with Gasteiger partial charge in [0.1, 0.15) is 0 Å². The third kappa shape index (κ3) is 3.27. The van der Waals surface area contributed by atoms with E-state index in [2.05, 4.69) is 44.4 Å². The van der Waals surface area contributed by atoms with Crippen molar-refractivity contribution in [2.75, 3.05) is 7.05 Å². The number of hydrogen-bond acceptors (Lipinski definition) is 1. The number of halogens is 1. The molecule has 1 N–H and O–H groups in total. The fourth-order valence-electron chi connectivity index (χ4n) is 3.18. The summed E-state index contributed by atoms with van der Waals surface area (Å²) in [6, 6.07) is 6.97. The summed E-state index contributed by atoms with van der Waals surface area (Å²) in [5, 5.41) is 4.41. The van der Waals surface area contributed by atoms with Crippen LogP contribution in [0.4, 0.5) is 0 Å². The molecule has 0 heterocycles. The van der Waals surface area contributed by atoms with Gasteiger partial charge >= 0.3 is 0 Å². The van der Waals surface area contributed by atoms with Crippen LogP contribution in [0.15, 0.2) is 18.2 Å². The highest BCUT2D eigenvalue weighted by Crippen LogP contribution is 2.34. The first kappa shape index (κ1) is 13.9. The molecule has 0 aliphatic heterocycles. The van der Waals surface area contributed by atoms with Crippen molar-refractivity contribution in [3.8, 4) is 0 Å². The van der Waals surface area contributed by atoms with Crippen molar-refractivity contribution in [3.05, 3.63) is 34.3 Å². The van der Waals surface area contributed by atoms with Gasteiger partial charge in [0.05, 0.1) is 0 Å². The van der Waals surface area contributed by atoms with Crippen molar-refractivity contribution in [2.24, 2.45) is 11.8 Å². The zero-order valence-electron chi connectivity index (χ0n) is 11.7. The van der Waals surface area contributed by atoms with Gasteiger partial charge in [0, 0.05) is 11.1 Å². The minimum Gasteiger partial charge on any atom is -0.316 e. The van der Waals surface area contributed by atoms with E-state index in [4.69, 9.17) is 11.6 Å². The summed E-state index contributed by atoms with van der Waals surface area (Å²) in [5.41, 5.74) is 2.51. The van der Waals surface area contributed by atoms with Crippen molar-refractivity contribution in [1.29, 1.82) is 0 Å². The van der Waals surface area contributed by atoms with E-state index in [1.807, 2.05) is 0 Å². The smallest absolute Gasteiger partial charge is 0.0441 e. The van der Waals surface area contributed by atoms with Gasteiger partial charge in [-0.05, 0) is 62.3 Å². The van der Waals surface area contributed by atoms with Crippen molar-refractivity contribution in [3.63, 3.8) is 0 Å². The minimum absolute atomic E-state index is 0.565. The maximum atomic E-state index is 6.34. The van der Waals surface area contributed by atoms with Gasteiger partial charge in [-0.3, -0.25) is 0 Å². The van der Waals surface area contributed by atoms with Crippen molar-refractivity contribution < 1.29 is 0 Å². The molecule has 0 saturated heterocycles. The van der Waals surface area contributed by atoms with Gasteiger partial charge in [-0.25, -0.2) is 0 Å². The highest BCUT2D eigenvalue weighted by Gasteiger charge is 2.28. The predicted octanol–water partition coefficient (Wildman–Crippen LogP) is 4.22. The Morgan fingerprint density at radius 2 is 2.17 bits per heavy atom. The lowest BCUT2D eigenvalue weighted by molar-refractivity contribution is 0.367. The average molecular weight is 266 g/mol. The predicted molar refractivity (Wildman–Crippen MR) is 79.2 cm³/mol. The maximum absolute atomic E-state index is 6.34. The summed E-state index contributed by atoms with van der Waals surface area (Å²) < 4.78 is 0. The Morgan fingerprint density at radius 1 is 1.39 bits per heavy atom. The molecule has 3 unspecified atom stereocenters. The van der Waals surface area contributed by atoms with E-state index in [9.17, 15) is 0 Å². The van der Waals surface area contributed by atoms with Crippen molar-refractivity contribution in [2.45, 2.75) is 45.6 Å². The molecule has 2 heteroatoms. The van der Waals surface area contributed by atoms with E-state index in [-0.39, 0.29) is 0 Å². The van der Waals surface area contributed by atoms with Gasteiger partial charge in [0.15, 0.2) is 0 Å². The molecule has 1 fully saturated rings. The molecule has 2 rings (SSSR count). The van der Waals surface area contributed by atoms with Crippen LogP contribution in [0.3, 0.4) is 0 Å². The lowest BCUT2D eigenvalue weighted by Gasteiger charge is -2.24. The highest BCUT2D eigenvalue weighted by atomic mass is 35.5. The zero-order chi connectivity index (χ0) is 13.1. The molecule has 1 aliphatic carbocycles. The molecule has 0 radical (unpaired) electrons. The lowest BCUT2D eigenvalue weighted by atomic mass is 9.91. The van der Waals surface area contributed by atoms with E-state index < -0.39 is 0 Å². The first-order chi connectivity index (χ1) is 8.60. The molecular formula is C16H24ClN. The summed E-state index contributed by atoms with van der Waals surface area (Å²) >= 11 is 6.34. The van der Waals surface area contributed by atoms with Crippen LogP contribution in [0.25, 0.3) is 0 Å². The van der Waals surface area contributed by atoms with Gasteiger partial charge < -0.3 is 5.32 Å². The summed E-state index contributed by atoms with van der Waals surface area (Å²) in [5.74, 6) is 1.70. The number of nitrogens with one attached hydrogen (secondary N) is 1. The third-order valence-electron chi connectivity index (χ3n) is 4.32. The molecule has 1 aromatic carbocycles. The Morgan fingerprint density at radius 3 is 2.72 bits per heavy atom. The van der Waals surface area contributed by atoms with Crippen molar-refractivity contribution in [1.82, 2.24) is 5.32 Å². The molecule has 18 heavy (non-hydrogen) atoms. The molecule has 1 saturated carbocycles. The zero-order valence-corrected chi connectivity index (χ0v) is 12.4. The van der Waals surface area contributed by atoms with Crippen LogP contribution in [-0.2, 0) is 6.42 Å². The lowest BCUT2D eigenvalue weighted by Crippen LogP contribution is -2.34. The van der Waals surface area contributed by atoms with Crippen LogP contribution in [0, 0.1) is 18.8 Å². The van der Waals surface area contributed by atoms with Crippen LogP contribution in [0.2, 0.25) is 5.02 Å². The van der Waals surface area contributed by atoms with Gasteiger partial charge in [-0.1, -0.05) is 37.1 Å². The van der Waals surface area contributed by atoms with E-state index in [1.165, 1.54) is 30.4 Å². The van der Waals surface area contributed by atoms with Crippen LogP contribution in [0.5, 0.6) is 0 Å². The van der Waals surface area contributed by atoms with E-state index in [0.29, 0.717) is 6.04 Å². The molecule has 1 nitrogen and oxygen atoms in total. The standard InChI is InChI=1S/C16H24ClN/c1-11-5-7-14(8-11)16(18-3)10-13-6-4-12(2)9-15(13)17/h4,6,9,11,14,16,18H,5,7-8,10H2,1-3H3. The summed E-state index contributed by atoms with van der Waals surface area (Å²) in [6.07, 6.45) is 5.14. The second-order valence-corrected chi connectivity index (χ2v) is 6.28. The Kier molecular flexibility index (Phi) is 4.69. The number of benzene rings is 1. The first-order valence-corrected chi connectivity index (χ1v) is 7.40. The van der Waals surface area contributed by atoms with Gasteiger partial charge in [-0.2, -0.15) is 0 Å². The van der Waals surface area contributed by atoms with Crippen molar-refractivity contribution >= 4 is 11.6 Å². The van der Waals surface area contributed by atoms with E-state index in [1.54, 1.807) is 0 Å². The van der Waals surface area contributed by atoms with Crippen LogP contribution >= 0.6 is 11.6 Å². The normalized spacial score (nSPS) is 25.3. The summed E-state index contributed by atoms with van der Waals surface area (Å²) in [4.78, 5) is 0. The highest BCUT2D eigenvalue weighted by molar-refractivity contribution is 6.31. The summed E-state index contributed by atoms with van der Waals surface area (Å²) in [7, 11) is 2.08. The second-order valence-electron chi connectivity index (χ2n) is 5.87. The molecule has 0 spiro atoms. The second kappa shape index (κ2) is 6.08. The Hall–Kier alpha value is -0.530. The summed E-state index contributed by atoms with van der Waals surface area (Å²) in [6.45, 7) is 4.45. The Balaban J connectivity index is 2.05. The van der Waals surface area contributed by atoms with Gasteiger partial charge in [0.25, 0.3) is 0 Å². The van der Waals surface area contributed by atoms with Crippen LogP contribution in [-0.4, -0.2) is 13.1 Å². The molecule has 0 bridgehead atoms. The number of aryl methyl sites for hydroxylation is 1. The van der Waals surface area contributed by atoms with Crippen LogP contribution < -0.4 is 5.32 Å². The minimum atomic E-state index is 0.565. The SMILES string of the molecule is CNC(Cc1ccc(C)cc1Cl)C1CCC(C)C1. The largest absolute Gasteiger partial charge is 0.316 e. The Bertz CT molecular complexity index is 402.